The summed E-state index contributed by atoms with van der Waals surface area (Å²) >= 11 is 1.25. The third kappa shape index (κ3) is 3.81. The largest absolute Gasteiger partial charge is 0.497 e. The molecule has 2 heterocycles. The number of aromatic carboxylic acids is 1. The number of rotatable bonds is 5. The molecule has 3 aromatic rings. The van der Waals surface area contributed by atoms with Gasteiger partial charge < -0.3 is 9.84 Å². The molecule has 0 radical (unpaired) electrons. The van der Waals surface area contributed by atoms with E-state index in [1.807, 2.05) is 0 Å². The molecule has 0 saturated carbocycles. The molecule has 0 saturated heterocycles. The monoisotopic (exact) mass is 355 g/mol. The Kier molecular flexibility index (Phi) is 4.71. The number of hydrogen-bond acceptors (Lipinski definition) is 6. The molecule has 126 valence electrons. The molecule has 3 rings (SSSR count). The van der Waals surface area contributed by atoms with Crippen molar-refractivity contribution in [1.82, 2.24) is 9.97 Å². The molecule has 8 heteroatoms. The first kappa shape index (κ1) is 16.6. The SMILES string of the molecule is COc1ccc(C(=O)Nc2ncc(-c3ccc(C(=O)O)cn3)s2)cc1. The quantitative estimate of drug-likeness (QED) is 0.729. The fourth-order valence-corrected chi connectivity index (χ4v) is 2.82. The second-order valence-electron chi connectivity index (χ2n) is 4.95. The first-order chi connectivity index (χ1) is 12.1. The molecule has 0 fully saturated rings. The zero-order chi connectivity index (χ0) is 17.8. The summed E-state index contributed by atoms with van der Waals surface area (Å²) in [6.45, 7) is 0. The standard InChI is InChI=1S/C17H13N3O4S/c1-24-12-5-2-10(3-6-12)15(21)20-17-19-9-14(25-17)13-7-4-11(8-18-13)16(22)23/h2-9H,1H3,(H,22,23)(H,19,20,21). The highest BCUT2D eigenvalue weighted by atomic mass is 32.1. The molecule has 0 unspecified atom stereocenters. The highest BCUT2D eigenvalue weighted by Crippen LogP contribution is 2.28. The maximum atomic E-state index is 12.2. The van der Waals surface area contributed by atoms with E-state index < -0.39 is 5.97 Å². The second-order valence-corrected chi connectivity index (χ2v) is 5.98. The summed E-state index contributed by atoms with van der Waals surface area (Å²) in [6.07, 6.45) is 2.87. The van der Waals surface area contributed by atoms with Gasteiger partial charge in [-0.1, -0.05) is 11.3 Å². The minimum Gasteiger partial charge on any atom is -0.497 e. The maximum absolute atomic E-state index is 12.2. The number of nitrogens with zero attached hydrogens (tertiary/aromatic N) is 2. The van der Waals surface area contributed by atoms with Crippen molar-refractivity contribution in [1.29, 1.82) is 0 Å². The third-order valence-electron chi connectivity index (χ3n) is 3.34. The number of anilines is 1. The Morgan fingerprint density at radius 1 is 1.04 bits per heavy atom. The number of aromatic nitrogens is 2. The number of amides is 1. The molecule has 1 aromatic carbocycles. The zero-order valence-corrected chi connectivity index (χ0v) is 13.9. The van der Waals surface area contributed by atoms with E-state index >= 15 is 0 Å². The summed E-state index contributed by atoms with van der Waals surface area (Å²) < 4.78 is 5.06. The molecule has 0 atom stereocenters. The molecule has 0 spiro atoms. The van der Waals surface area contributed by atoms with E-state index in [0.29, 0.717) is 22.1 Å². The van der Waals surface area contributed by atoms with Gasteiger partial charge >= 0.3 is 5.97 Å². The number of methoxy groups -OCH3 is 1. The number of nitrogens with one attached hydrogen (secondary N) is 1. The van der Waals surface area contributed by atoms with Gasteiger partial charge in [0.2, 0.25) is 0 Å². The van der Waals surface area contributed by atoms with Gasteiger partial charge in [0.15, 0.2) is 5.13 Å². The third-order valence-corrected chi connectivity index (χ3v) is 4.28. The van der Waals surface area contributed by atoms with Crippen molar-refractivity contribution in [3.63, 3.8) is 0 Å². The summed E-state index contributed by atoms with van der Waals surface area (Å²) in [6, 6.07) is 9.81. The molecule has 25 heavy (non-hydrogen) atoms. The van der Waals surface area contributed by atoms with E-state index in [-0.39, 0.29) is 11.5 Å². The molecule has 0 aliphatic heterocycles. The maximum Gasteiger partial charge on any atom is 0.337 e. The van der Waals surface area contributed by atoms with Gasteiger partial charge in [-0.3, -0.25) is 15.1 Å². The van der Waals surface area contributed by atoms with Gasteiger partial charge in [0.1, 0.15) is 5.75 Å². The molecule has 2 N–H and O–H groups in total. The van der Waals surface area contributed by atoms with Crippen LogP contribution in [0.4, 0.5) is 5.13 Å². The Hall–Kier alpha value is -3.26. The number of carbonyl (C=O) groups is 2. The van der Waals surface area contributed by atoms with Gasteiger partial charge in [0.05, 0.1) is 23.2 Å². The van der Waals surface area contributed by atoms with Crippen LogP contribution in [-0.2, 0) is 0 Å². The van der Waals surface area contributed by atoms with Crippen LogP contribution < -0.4 is 10.1 Å². The Bertz CT molecular complexity index is 904. The number of carboxylic acid groups (broad SMARTS) is 1. The number of hydrogen-bond donors (Lipinski definition) is 2. The number of carbonyl (C=O) groups excluding carboxylic acids is 1. The number of carboxylic acids is 1. The molecule has 0 aliphatic carbocycles. The number of thiazole rings is 1. The topological polar surface area (TPSA) is 101 Å². The average molecular weight is 355 g/mol. The summed E-state index contributed by atoms with van der Waals surface area (Å²) in [4.78, 5) is 32.0. The normalized spacial score (nSPS) is 10.3. The highest BCUT2D eigenvalue weighted by molar-refractivity contribution is 7.19. The van der Waals surface area contributed by atoms with Gasteiger partial charge in [-0.25, -0.2) is 9.78 Å². The number of benzene rings is 1. The molecule has 2 aromatic heterocycles. The van der Waals surface area contributed by atoms with Crippen LogP contribution in [0, 0.1) is 0 Å². The Morgan fingerprint density at radius 2 is 1.76 bits per heavy atom. The van der Waals surface area contributed by atoms with Crippen molar-refractivity contribution in [2.24, 2.45) is 0 Å². The van der Waals surface area contributed by atoms with E-state index in [0.717, 1.165) is 4.88 Å². The van der Waals surface area contributed by atoms with Crippen molar-refractivity contribution in [2.45, 2.75) is 0 Å². The number of ether oxygens (including phenoxy) is 1. The van der Waals surface area contributed by atoms with Gasteiger partial charge in [-0.15, -0.1) is 0 Å². The van der Waals surface area contributed by atoms with Crippen LogP contribution >= 0.6 is 11.3 Å². The van der Waals surface area contributed by atoms with Gasteiger partial charge in [0.25, 0.3) is 5.91 Å². The van der Waals surface area contributed by atoms with E-state index in [4.69, 9.17) is 9.84 Å². The van der Waals surface area contributed by atoms with Crippen LogP contribution in [0.15, 0.2) is 48.8 Å². The van der Waals surface area contributed by atoms with Crippen molar-refractivity contribution < 1.29 is 19.4 Å². The molecule has 1 amide bonds. The zero-order valence-electron chi connectivity index (χ0n) is 13.1. The Balaban J connectivity index is 1.72. The van der Waals surface area contributed by atoms with Crippen LogP contribution in [-0.4, -0.2) is 34.1 Å². The highest BCUT2D eigenvalue weighted by Gasteiger charge is 2.11. The van der Waals surface area contributed by atoms with Gasteiger partial charge in [-0.2, -0.15) is 0 Å². The first-order valence-electron chi connectivity index (χ1n) is 7.18. The van der Waals surface area contributed by atoms with Crippen molar-refractivity contribution in [2.75, 3.05) is 12.4 Å². The summed E-state index contributed by atoms with van der Waals surface area (Å²) in [5, 5.41) is 12.0. The fourth-order valence-electron chi connectivity index (χ4n) is 2.03. The van der Waals surface area contributed by atoms with Crippen LogP contribution in [0.25, 0.3) is 10.6 Å². The first-order valence-corrected chi connectivity index (χ1v) is 7.99. The van der Waals surface area contributed by atoms with E-state index in [1.54, 1.807) is 43.6 Å². The molecular weight excluding hydrogens is 342 g/mol. The van der Waals surface area contributed by atoms with E-state index in [2.05, 4.69) is 15.3 Å². The predicted octanol–water partition coefficient (Wildman–Crippen LogP) is 3.16. The lowest BCUT2D eigenvalue weighted by atomic mass is 10.2. The van der Waals surface area contributed by atoms with Crippen molar-refractivity contribution in [3.8, 4) is 16.3 Å². The van der Waals surface area contributed by atoms with Gasteiger partial charge in [-0.05, 0) is 36.4 Å². The van der Waals surface area contributed by atoms with E-state index in [9.17, 15) is 9.59 Å². The van der Waals surface area contributed by atoms with Crippen LogP contribution in [0.1, 0.15) is 20.7 Å². The summed E-state index contributed by atoms with van der Waals surface area (Å²) in [5.74, 6) is -0.641. The smallest absolute Gasteiger partial charge is 0.337 e. The Labute approximate surface area is 147 Å². The fraction of sp³-hybridized carbons (Fsp3) is 0.0588. The molecule has 0 bridgehead atoms. The van der Waals surface area contributed by atoms with E-state index in [1.165, 1.54) is 23.6 Å². The molecule has 0 aliphatic rings. The lowest BCUT2D eigenvalue weighted by molar-refractivity contribution is 0.0696. The van der Waals surface area contributed by atoms with Crippen LogP contribution in [0.2, 0.25) is 0 Å². The van der Waals surface area contributed by atoms with Crippen molar-refractivity contribution >= 4 is 28.3 Å². The minimum atomic E-state index is -1.03. The summed E-state index contributed by atoms with van der Waals surface area (Å²) in [5.41, 5.74) is 1.19. The predicted molar refractivity (Wildman–Crippen MR) is 93.3 cm³/mol. The average Bonchev–Trinajstić information content (AvgIpc) is 3.10. The van der Waals surface area contributed by atoms with Crippen molar-refractivity contribution in [3.05, 3.63) is 59.9 Å². The van der Waals surface area contributed by atoms with Crippen LogP contribution in [0.3, 0.4) is 0 Å². The molecule has 7 nitrogen and oxygen atoms in total. The van der Waals surface area contributed by atoms with Gasteiger partial charge in [0, 0.05) is 18.0 Å². The number of pyridine rings is 1. The lowest BCUT2D eigenvalue weighted by Crippen LogP contribution is -2.11. The Morgan fingerprint density at radius 3 is 2.36 bits per heavy atom. The summed E-state index contributed by atoms with van der Waals surface area (Å²) in [7, 11) is 1.56. The molecular formula is C17H13N3O4S. The second kappa shape index (κ2) is 7.10. The minimum absolute atomic E-state index is 0.112. The lowest BCUT2D eigenvalue weighted by Gasteiger charge is -2.03. The van der Waals surface area contributed by atoms with Crippen LogP contribution in [0.5, 0.6) is 5.75 Å².